The van der Waals surface area contributed by atoms with Gasteiger partial charge in [0.2, 0.25) is 0 Å². The Bertz CT molecular complexity index is 1020. The predicted octanol–water partition coefficient (Wildman–Crippen LogP) is 3.05. The summed E-state index contributed by atoms with van der Waals surface area (Å²) in [5.74, 6) is -1.44. The number of ether oxygens (including phenoxy) is 1. The summed E-state index contributed by atoms with van der Waals surface area (Å²) in [5, 5.41) is 13.1. The largest absolute Gasteiger partial charge is 0.452 e. The van der Waals surface area contributed by atoms with Gasteiger partial charge >= 0.3 is 5.97 Å². The molecule has 132 valence electrons. The van der Waals surface area contributed by atoms with E-state index in [-0.39, 0.29) is 16.3 Å². The third-order valence-corrected chi connectivity index (χ3v) is 4.13. The minimum absolute atomic E-state index is 0.0733. The summed E-state index contributed by atoms with van der Waals surface area (Å²) in [5.41, 5.74) is 1.30. The number of esters is 1. The first kappa shape index (κ1) is 17.7. The van der Waals surface area contributed by atoms with Crippen molar-refractivity contribution < 1.29 is 19.2 Å². The van der Waals surface area contributed by atoms with Gasteiger partial charge in [-0.05, 0) is 18.2 Å². The molecule has 1 amide bonds. The number of nitro benzene ring substituents is 1. The number of non-ortho nitro benzene ring substituents is 1. The number of aromatic nitrogens is 2. The number of hydrogen-bond acceptors (Lipinski definition) is 8. The molecule has 0 atom stereocenters. The topological polar surface area (TPSA) is 124 Å². The average Bonchev–Trinajstić information content (AvgIpc) is 3.09. The Morgan fingerprint density at radius 2 is 2.08 bits per heavy atom. The van der Waals surface area contributed by atoms with Gasteiger partial charge in [-0.15, -0.1) is 0 Å². The molecule has 11 heteroatoms. The Balaban J connectivity index is 1.63. The number of fused-ring (bicyclic) bond motifs is 1. The van der Waals surface area contributed by atoms with Crippen LogP contribution in [0.25, 0.3) is 11.0 Å². The van der Waals surface area contributed by atoms with Crippen molar-refractivity contribution >= 4 is 57.6 Å². The number of halogens is 1. The van der Waals surface area contributed by atoms with Gasteiger partial charge < -0.3 is 10.1 Å². The minimum atomic E-state index is -0.867. The van der Waals surface area contributed by atoms with E-state index < -0.39 is 23.4 Å². The fourth-order valence-electron chi connectivity index (χ4n) is 2.09. The molecule has 0 aliphatic heterocycles. The molecular weight excluding hydrogens is 384 g/mol. The molecule has 0 saturated heterocycles. The van der Waals surface area contributed by atoms with Crippen LogP contribution in [-0.4, -0.2) is 32.2 Å². The summed E-state index contributed by atoms with van der Waals surface area (Å²) in [6.07, 6.45) is 0. The van der Waals surface area contributed by atoms with Gasteiger partial charge in [-0.3, -0.25) is 14.9 Å². The average molecular weight is 393 g/mol. The van der Waals surface area contributed by atoms with Crippen molar-refractivity contribution in [2.45, 2.75) is 0 Å². The highest BCUT2D eigenvalue weighted by atomic mass is 35.5. The molecule has 0 aliphatic rings. The van der Waals surface area contributed by atoms with E-state index >= 15 is 0 Å². The van der Waals surface area contributed by atoms with Crippen LogP contribution >= 0.6 is 23.3 Å². The third kappa shape index (κ3) is 3.76. The van der Waals surface area contributed by atoms with E-state index in [0.717, 1.165) is 23.9 Å². The lowest BCUT2D eigenvalue weighted by molar-refractivity contribution is -0.384. The van der Waals surface area contributed by atoms with E-state index in [4.69, 9.17) is 16.3 Å². The lowest BCUT2D eigenvalue weighted by atomic mass is 10.2. The molecule has 1 N–H and O–H groups in total. The molecule has 0 bridgehead atoms. The number of benzene rings is 2. The van der Waals surface area contributed by atoms with E-state index in [9.17, 15) is 19.7 Å². The minimum Gasteiger partial charge on any atom is -0.452 e. The normalized spacial score (nSPS) is 10.5. The van der Waals surface area contributed by atoms with Crippen LogP contribution in [0.5, 0.6) is 0 Å². The van der Waals surface area contributed by atoms with Gasteiger partial charge in [-0.1, -0.05) is 17.7 Å². The number of hydrogen-bond donors (Lipinski definition) is 1. The molecular formula is C15H9ClN4O5S. The summed E-state index contributed by atoms with van der Waals surface area (Å²) in [6, 6.07) is 8.44. The zero-order valence-corrected chi connectivity index (χ0v) is 14.4. The Morgan fingerprint density at radius 3 is 2.81 bits per heavy atom. The molecule has 9 nitrogen and oxygen atoms in total. The number of amides is 1. The molecule has 1 heterocycles. The van der Waals surface area contributed by atoms with Crippen LogP contribution in [0.2, 0.25) is 5.02 Å². The second-order valence-electron chi connectivity index (χ2n) is 4.98. The first-order chi connectivity index (χ1) is 12.5. The maximum absolute atomic E-state index is 12.0. The van der Waals surface area contributed by atoms with Crippen LogP contribution < -0.4 is 5.32 Å². The van der Waals surface area contributed by atoms with E-state index in [2.05, 4.69) is 14.1 Å². The van der Waals surface area contributed by atoms with Crippen molar-refractivity contribution in [3.05, 3.63) is 57.1 Å². The highest BCUT2D eigenvalue weighted by Gasteiger charge is 2.17. The zero-order chi connectivity index (χ0) is 18.7. The van der Waals surface area contributed by atoms with Crippen LogP contribution in [-0.2, 0) is 9.53 Å². The molecule has 26 heavy (non-hydrogen) atoms. The fraction of sp³-hybridized carbons (Fsp3) is 0.0667. The van der Waals surface area contributed by atoms with Crippen LogP contribution in [0.3, 0.4) is 0 Å². The Labute approximate surface area is 155 Å². The van der Waals surface area contributed by atoms with E-state index in [0.29, 0.717) is 16.7 Å². The van der Waals surface area contributed by atoms with E-state index in [1.807, 2.05) is 0 Å². The van der Waals surface area contributed by atoms with E-state index in [1.165, 1.54) is 6.07 Å². The van der Waals surface area contributed by atoms with Gasteiger partial charge in [0.15, 0.2) is 6.61 Å². The predicted molar refractivity (Wildman–Crippen MR) is 94.4 cm³/mol. The fourth-order valence-corrected chi connectivity index (χ4v) is 2.89. The smallest absolute Gasteiger partial charge is 0.340 e. The monoisotopic (exact) mass is 392 g/mol. The molecule has 0 spiro atoms. The van der Waals surface area contributed by atoms with Crippen molar-refractivity contribution in [3.63, 3.8) is 0 Å². The van der Waals surface area contributed by atoms with Crippen LogP contribution in [0.15, 0.2) is 36.4 Å². The van der Waals surface area contributed by atoms with Gasteiger partial charge in [0, 0.05) is 12.1 Å². The molecule has 2 aromatic carbocycles. The second-order valence-corrected chi connectivity index (χ2v) is 5.92. The van der Waals surface area contributed by atoms with Crippen LogP contribution in [0.1, 0.15) is 10.4 Å². The number of nitro groups is 1. The first-order valence-corrected chi connectivity index (χ1v) is 8.19. The number of nitrogens with zero attached hydrogens (tertiary/aromatic N) is 3. The van der Waals surface area contributed by atoms with Crippen LogP contribution in [0, 0.1) is 10.1 Å². The van der Waals surface area contributed by atoms with Gasteiger partial charge in [0.25, 0.3) is 11.6 Å². The third-order valence-electron chi connectivity index (χ3n) is 3.28. The van der Waals surface area contributed by atoms with Crippen molar-refractivity contribution in [1.82, 2.24) is 8.75 Å². The lowest BCUT2D eigenvalue weighted by Crippen LogP contribution is -2.21. The number of carbonyl (C=O) groups excluding carboxylic acids is 2. The van der Waals surface area contributed by atoms with Crippen LogP contribution in [0.4, 0.5) is 11.4 Å². The Morgan fingerprint density at radius 1 is 1.27 bits per heavy atom. The lowest BCUT2D eigenvalue weighted by Gasteiger charge is -2.07. The van der Waals surface area contributed by atoms with Crippen molar-refractivity contribution in [2.24, 2.45) is 0 Å². The molecule has 0 fully saturated rings. The van der Waals surface area contributed by atoms with Gasteiger partial charge in [-0.25, -0.2) is 4.79 Å². The molecule has 1 aromatic heterocycles. The molecule has 0 unspecified atom stereocenters. The molecule has 0 aliphatic carbocycles. The molecule has 3 rings (SSSR count). The number of nitrogens with one attached hydrogen (secondary N) is 1. The Hall–Kier alpha value is -3.11. The zero-order valence-electron chi connectivity index (χ0n) is 12.8. The summed E-state index contributed by atoms with van der Waals surface area (Å²) >= 11 is 6.86. The number of anilines is 1. The van der Waals surface area contributed by atoms with Gasteiger partial charge in [0.05, 0.1) is 32.9 Å². The summed E-state index contributed by atoms with van der Waals surface area (Å²) in [7, 11) is 0. The molecule has 0 radical (unpaired) electrons. The van der Waals surface area contributed by atoms with Crippen molar-refractivity contribution in [2.75, 3.05) is 11.9 Å². The maximum atomic E-state index is 12.0. The molecule has 3 aromatic rings. The summed E-state index contributed by atoms with van der Waals surface area (Å²) in [6.45, 7) is -0.555. The quantitative estimate of drug-likeness (QED) is 0.402. The number of carbonyl (C=O) groups is 2. The SMILES string of the molecule is O=C(COC(=O)c1ccc([N+](=O)[O-])cc1Cl)Nc1cccc2nsnc12. The highest BCUT2D eigenvalue weighted by molar-refractivity contribution is 7.00. The highest BCUT2D eigenvalue weighted by Crippen LogP contribution is 2.23. The summed E-state index contributed by atoms with van der Waals surface area (Å²) in [4.78, 5) is 34.0. The number of rotatable bonds is 5. The second kappa shape index (κ2) is 7.42. The van der Waals surface area contributed by atoms with Gasteiger partial charge in [-0.2, -0.15) is 8.75 Å². The summed E-state index contributed by atoms with van der Waals surface area (Å²) < 4.78 is 13.0. The van der Waals surface area contributed by atoms with E-state index in [1.54, 1.807) is 18.2 Å². The Kier molecular flexibility index (Phi) is 5.05. The van der Waals surface area contributed by atoms with Gasteiger partial charge in [0.1, 0.15) is 11.0 Å². The maximum Gasteiger partial charge on any atom is 0.340 e. The van der Waals surface area contributed by atoms with Crippen molar-refractivity contribution in [3.8, 4) is 0 Å². The first-order valence-electron chi connectivity index (χ1n) is 7.08. The van der Waals surface area contributed by atoms with Crippen molar-refractivity contribution in [1.29, 1.82) is 0 Å². The standard InChI is InChI=1S/C15H9ClN4O5S/c16-10-6-8(20(23)24)4-5-9(10)15(22)25-7-13(21)17-11-2-1-3-12-14(11)19-26-18-12/h1-6H,7H2,(H,17,21). The molecule has 0 saturated carbocycles.